The Kier molecular flexibility index (Phi) is 11.9. The molecule has 0 saturated heterocycles. The molecule has 9 aromatic carbocycles. The maximum Gasteiger partial charge on any atom is 0.135 e. The monoisotopic (exact) mass is 1260 g/mol. The molecule has 5 nitrogen and oxygen atoms in total. The van der Waals surface area contributed by atoms with E-state index < -0.39 is 22.6 Å². The molecule has 0 spiro atoms. The number of para-hydroxylation sites is 4. The second kappa shape index (κ2) is 21.4. The molecule has 0 fully saturated rings. The van der Waals surface area contributed by atoms with Crippen LogP contribution in [0.3, 0.4) is 0 Å². The van der Waals surface area contributed by atoms with Crippen LogP contribution in [0.4, 0.5) is 22.7 Å². The fourth-order valence-corrected chi connectivity index (χ4v) is 11.6. The van der Waals surface area contributed by atoms with Crippen LogP contribution < -0.4 is 14.5 Å². The molecule has 6 heteroatoms. The molecular weight excluding hydrogens is 1180 g/mol. The van der Waals surface area contributed by atoms with Crippen molar-refractivity contribution in [1.82, 2.24) is 9.55 Å². The SMILES string of the molecule is [2H]c1c([2H])c2c(c([2H])c1-c1cccc(-c3c([2H])c(-c4ccccc4)c([2H])c(C(C)(C)C)c3[2H])c1N1[CH-]N(c3[c-]c(Oc4[c-]c5c(cc4)c4ccccc4n5-c4cc(C([2H])([2H])C(C)C)c(-c5ccccc5)cn4)ccc3)c3ccccc31)C(C)(C)CCC2(C)C.[Pt]. The number of pyridine rings is 1. The van der Waals surface area contributed by atoms with Gasteiger partial charge in [0.2, 0.25) is 0 Å². The van der Waals surface area contributed by atoms with Crippen molar-refractivity contribution in [3.8, 4) is 61.8 Å². The van der Waals surface area contributed by atoms with Gasteiger partial charge < -0.3 is 19.1 Å². The molecule has 0 atom stereocenters. The molecule has 82 heavy (non-hydrogen) atoms. The molecule has 0 radical (unpaired) electrons. The number of nitrogens with zero attached hydrogens (tertiary/aromatic N) is 4. The molecule has 412 valence electrons. The van der Waals surface area contributed by atoms with Crippen LogP contribution in [0.2, 0.25) is 0 Å². The Balaban J connectivity index is 0.00000785. The Morgan fingerprint density at radius 1 is 0.610 bits per heavy atom. The quantitative estimate of drug-likeness (QED) is 0.121. The normalized spacial score (nSPS) is 16.0. The summed E-state index contributed by atoms with van der Waals surface area (Å²) < 4.78 is 87.8. The first-order chi connectivity index (χ1) is 42.4. The number of aromatic nitrogens is 2. The van der Waals surface area contributed by atoms with E-state index in [9.17, 15) is 11.0 Å². The summed E-state index contributed by atoms with van der Waals surface area (Å²) in [6.07, 6.45) is 1.69. The summed E-state index contributed by atoms with van der Waals surface area (Å²) in [7, 11) is 0. The largest absolute Gasteiger partial charge is 0.509 e. The van der Waals surface area contributed by atoms with Gasteiger partial charge in [0.25, 0.3) is 0 Å². The summed E-state index contributed by atoms with van der Waals surface area (Å²) in [6.45, 7) is 20.2. The molecule has 13 rings (SSSR count). The topological polar surface area (TPSA) is 33.5 Å². The van der Waals surface area contributed by atoms with Crippen LogP contribution in [0.15, 0.2) is 206 Å². The zero-order valence-corrected chi connectivity index (χ0v) is 50.0. The zero-order valence-electron chi connectivity index (χ0n) is 55.7. The van der Waals surface area contributed by atoms with Gasteiger partial charge in [-0.2, -0.15) is 12.1 Å². The summed E-state index contributed by atoms with van der Waals surface area (Å²) in [4.78, 5) is 9.06. The molecule has 0 bridgehead atoms. The van der Waals surface area contributed by atoms with E-state index in [1.807, 2.05) is 213 Å². The third-order valence-electron chi connectivity index (χ3n) is 16.0. The Bertz CT molecular complexity index is 4650. The molecule has 11 aromatic rings. The fraction of sp³-hybridized carbons (Fsp3) is 0.211. The summed E-state index contributed by atoms with van der Waals surface area (Å²) in [6, 6.07) is 60.0. The minimum absolute atomic E-state index is 0. The van der Waals surface area contributed by atoms with Crippen molar-refractivity contribution in [2.24, 2.45) is 5.92 Å². The molecule has 2 aliphatic rings. The second-order valence-corrected chi connectivity index (χ2v) is 24.1. The van der Waals surface area contributed by atoms with Gasteiger partial charge in [-0.05, 0) is 127 Å². The van der Waals surface area contributed by atoms with Gasteiger partial charge in [0.05, 0.1) is 8.22 Å². The fourth-order valence-electron chi connectivity index (χ4n) is 11.6. The van der Waals surface area contributed by atoms with E-state index >= 15 is 0 Å². The van der Waals surface area contributed by atoms with Gasteiger partial charge in [0, 0.05) is 80.8 Å². The smallest absolute Gasteiger partial charge is 0.135 e. The number of benzene rings is 9. The van der Waals surface area contributed by atoms with Crippen molar-refractivity contribution < 1.29 is 36.8 Å². The molecule has 3 heterocycles. The number of hydrogen-bond acceptors (Lipinski definition) is 4. The number of ether oxygens (including phenoxy) is 1. The summed E-state index contributed by atoms with van der Waals surface area (Å²) >= 11 is 0. The Hall–Kier alpha value is -7.98. The first-order valence-corrected chi connectivity index (χ1v) is 28.1. The molecule has 0 amide bonds. The molecule has 1 aliphatic carbocycles. The van der Waals surface area contributed by atoms with Crippen LogP contribution in [0.5, 0.6) is 11.5 Å². The maximum atomic E-state index is 10.3. The van der Waals surface area contributed by atoms with E-state index in [1.165, 1.54) is 0 Å². The number of fused-ring (bicyclic) bond motifs is 5. The van der Waals surface area contributed by atoms with E-state index in [0.29, 0.717) is 78.7 Å². The molecule has 0 unspecified atom stereocenters. The third-order valence-corrected chi connectivity index (χ3v) is 16.0. The Morgan fingerprint density at radius 2 is 1.24 bits per heavy atom. The second-order valence-electron chi connectivity index (χ2n) is 24.1. The van der Waals surface area contributed by atoms with Crippen molar-refractivity contribution in [1.29, 1.82) is 0 Å². The van der Waals surface area contributed by atoms with Gasteiger partial charge in [0.15, 0.2) is 0 Å². The van der Waals surface area contributed by atoms with Crippen LogP contribution in [0.25, 0.3) is 72.1 Å². The molecule has 0 N–H and O–H groups in total. The molecule has 1 aliphatic heterocycles. The van der Waals surface area contributed by atoms with Crippen LogP contribution in [0, 0.1) is 24.7 Å². The summed E-state index contributed by atoms with van der Waals surface area (Å²) in [5, 5.41) is 1.90. The Labute approximate surface area is 510 Å². The average molecular weight is 1260 g/mol. The van der Waals surface area contributed by atoms with Crippen molar-refractivity contribution in [2.75, 3.05) is 9.80 Å². The van der Waals surface area contributed by atoms with Gasteiger partial charge in [-0.1, -0.05) is 207 Å². The zero-order chi connectivity index (χ0) is 62.8. The minimum Gasteiger partial charge on any atom is -0.509 e. The van der Waals surface area contributed by atoms with Crippen molar-refractivity contribution >= 4 is 44.6 Å². The van der Waals surface area contributed by atoms with Crippen LogP contribution >= 0.6 is 0 Å². The van der Waals surface area contributed by atoms with E-state index in [-0.39, 0.29) is 63.2 Å². The van der Waals surface area contributed by atoms with E-state index in [1.54, 1.807) is 6.20 Å². The van der Waals surface area contributed by atoms with E-state index in [2.05, 4.69) is 45.9 Å². The number of hydrogen-bond donors (Lipinski definition) is 0. The number of rotatable bonds is 11. The van der Waals surface area contributed by atoms with Crippen LogP contribution in [-0.2, 0) is 43.7 Å². The minimum atomic E-state index is -1.69. The van der Waals surface area contributed by atoms with Gasteiger partial charge in [-0.3, -0.25) is 0 Å². The molecule has 0 saturated carbocycles. The predicted octanol–water partition coefficient (Wildman–Crippen LogP) is 20.5. The summed E-state index contributed by atoms with van der Waals surface area (Å²) in [5.41, 5.74) is 9.42. The van der Waals surface area contributed by atoms with Crippen molar-refractivity contribution in [3.63, 3.8) is 0 Å². The first kappa shape index (κ1) is 45.6. The molecular formula is C76H69N4OPt-3. The van der Waals surface area contributed by atoms with Gasteiger partial charge in [0.1, 0.15) is 5.82 Å². The predicted molar refractivity (Wildman–Crippen MR) is 338 cm³/mol. The van der Waals surface area contributed by atoms with Crippen molar-refractivity contribution in [2.45, 2.75) is 97.8 Å². The van der Waals surface area contributed by atoms with E-state index in [4.69, 9.17) is 9.72 Å². The first-order valence-electron chi connectivity index (χ1n) is 32.1. The Morgan fingerprint density at radius 3 is 1.98 bits per heavy atom. The van der Waals surface area contributed by atoms with Gasteiger partial charge in [-0.25, -0.2) is 4.98 Å². The van der Waals surface area contributed by atoms with Crippen molar-refractivity contribution in [3.05, 3.63) is 247 Å². The third kappa shape index (κ3) is 10.1. The van der Waals surface area contributed by atoms with Gasteiger partial charge in [-0.15, -0.1) is 48.1 Å². The molecule has 2 aromatic heterocycles. The van der Waals surface area contributed by atoms with Gasteiger partial charge >= 0.3 is 0 Å². The number of anilines is 4. The maximum absolute atomic E-state index is 10.3. The van der Waals surface area contributed by atoms with Crippen LogP contribution in [0.1, 0.15) is 108 Å². The average Bonchev–Trinajstić information content (AvgIpc) is 1.11. The standard InChI is InChI=1S/C76H69N4O.Pt/c1-50(2)40-55-45-72(77-48-65(55)52-24-14-11-15-25-52)80-68-31-17-16-28-63(68)64-36-35-60(47-71(64)80)81-59-27-20-26-58(46-59)78-49-79(70-33-19-18-32-69(70)78)73-61(53-34-37-66-67(44-53)76(8,9)39-38-75(66,6)7)29-21-30-62(73)56-41-54(51-22-12-10-13-23-51)42-57(43-56)74(3,4)5;/h10-37,41-45,48-50H,38-40H2,1-9H3;/q-3;/i34D,37D,40D2,41D,42D,43D,44D;. The summed E-state index contributed by atoms with van der Waals surface area (Å²) in [5.74, 6) is 1.04. The van der Waals surface area contributed by atoms with E-state index in [0.717, 1.165) is 62.8 Å². The van der Waals surface area contributed by atoms with Crippen LogP contribution in [-0.4, -0.2) is 9.55 Å².